The Labute approximate surface area is 143 Å². The van der Waals surface area contributed by atoms with Crippen LogP contribution in [0, 0.1) is 5.82 Å². The van der Waals surface area contributed by atoms with Crippen molar-refractivity contribution in [2.75, 3.05) is 6.26 Å². The van der Waals surface area contributed by atoms with E-state index in [9.17, 15) is 39.5 Å². The fourth-order valence-electron chi connectivity index (χ4n) is 2.40. The summed E-state index contributed by atoms with van der Waals surface area (Å²) in [6.45, 7) is 0. The van der Waals surface area contributed by atoms with Crippen LogP contribution in [0.5, 0.6) is 0 Å². The van der Waals surface area contributed by atoms with E-state index >= 15 is 0 Å². The average Bonchev–Trinajstić information content (AvgIpc) is 2.44. The largest absolute Gasteiger partial charge is 0.416 e. The van der Waals surface area contributed by atoms with Crippen LogP contribution in [-0.4, -0.2) is 15.0 Å². The summed E-state index contributed by atoms with van der Waals surface area (Å²) in [6.07, 6.45) is -8.84. The monoisotopic (exact) mass is 402 g/mol. The molecule has 0 heterocycles. The summed E-state index contributed by atoms with van der Waals surface area (Å²) in [5, 5.41) is 0. The molecule has 10 heteroatoms. The number of alkyl halides is 6. The van der Waals surface area contributed by atoms with Crippen LogP contribution in [0.3, 0.4) is 0 Å². The normalized spacial score (nSPS) is 14.7. The van der Waals surface area contributed by atoms with Gasteiger partial charge in [-0.25, -0.2) is 8.60 Å². The second-order valence-electron chi connectivity index (χ2n) is 5.95. The number of hydrogen-bond acceptors (Lipinski definition) is 1. The highest BCUT2D eigenvalue weighted by Crippen LogP contribution is 2.40. The second kappa shape index (κ2) is 6.05. The van der Waals surface area contributed by atoms with Gasteiger partial charge < -0.3 is 0 Å². The summed E-state index contributed by atoms with van der Waals surface area (Å²) in [4.78, 5) is -0.479. The molecule has 1 N–H and O–H groups in total. The summed E-state index contributed by atoms with van der Waals surface area (Å²) in [6, 6.07) is 4.06. The van der Waals surface area contributed by atoms with Crippen LogP contribution in [0.4, 0.5) is 30.7 Å². The van der Waals surface area contributed by atoms with Crippen LogP contribution >= 0.6 is 0 Å². The molecule has 0 aliphatic heterocycles. The Morgan fingerprint density at radius 1 is 0.923 bits per heavy atom. The molecule has 0 spiro atoms. The molecule has 26 heavy (non-hydrogen) atoms. The first kappa shape index (κ1) is 20.4. The van der Waals surface area contributed by atoms with E-state index in [4.69, 9.17) is 0 Å². The van der Waals surface area contributed by atoms with E-state index in [1.54, 1.807) is 0 Å². The van der Waals surface area contributed by atoms with Crippen molar-refractivity contribution >= 4 is 9.35 Å². The molecule has 0 saturated heterocycles. The van der Waals surface area contributed by atoms with Gasteiger partial charge in [-0.05, 0) is 48.0 Å². The van der Waals surface area contributed by atoms with Gasteiger partial charge in [-0.3, -0.25) is 4.55 Å². The van der Waals surface area contributed by atoms with Gasteiger partial charge in [0.05, 0.1) is 21.8 Å². The SMILES string of the molecule is CS(=O)(O)(Cc1cc(F)ccc1C(F)(F)F)c1ccc(C(F)(F)F)cc1. The molecule has 0 aromatic heterocycles. The quantitative estimate of drug-likeness (QED) is 0.704. The van der Waals surface area contributed by atoms with Gasteiger partial charge in [-0.1, -0.05) is 0 Å². The predicted octanol–water partition coefficient (Wildman–Crippen LogP) is 5.35. The van der Waals surface area contributed by atoms with Crippen molar-refractivity contribution in [3.63, 3.8) is 0 Å². The lowest BCUT2D eigenvalue weighted by Crippen LogP contribution is -2.34. The summed E-state index contributed by atoms with van der Waals surface area (Å²) in [5.74, 6) is -2.14. The molecule has 0 unspecified atom stereocenters. The third-order valence-corrected chi connectivity index (χ3v) is 6.12. The van der Waals surface area contributed by atoms with Gasteiger partial charge in [0, 0.05) is 6.26 Å². The van der Waals surface area contributed by atoms with Crippen LogP contribution in [-0.2, 0) is 27.5 Å². The number of hydrogen-bond donors (Lipinski definition) is 1. The third-order valence-electron chi connectivity index (χ3n) is 3.65. The predicted molar refractivity (Wildman–Crippen MR) is 81.5 cm³/mol. The van der Waals surface area contributed by atoms with E-state index in [2.05, 4.69) is 0 Å². The van der Waals surface area contributed by atoms with E-state index in [0.29, 0.717) is 30.3 Å². The fourth-order valence-corrected chi connectivity index (χ4v) is 4.37. The molecule has 2 aromatic carbocycles. The standard InChI is InChI=1S/C16H13F7O2S/c1-26(24,25,13-5-2-11(3-6-13)15(18,19)20)9-10-8-12(17)4-7-14(10)16(21,22)23/h2-8H,9H2,1H3,(H,24,25). The van der Waals surface area contributed by atoms with Gasteiger partial charge in [0.25, 0.3) is 0 Å². The third kappa shape index (κ3) is 4.42. The Kier molecular flexibility index (Phi) is 4.74. The molecule has 0 aliphatic rings. The Morgan fingerprint density at radius 2 is 1.46 bits per heavy atom. The van der Waals surface area contributed by atoms with Crippen LogP contribution < -0.4 is 0 Å². The average molecular weight is 402 g/mol. The maximum atomic E-state index is 13.4. The fraction of sp³-hybridized carbons (Fsp3) is 0.250. The smallest absolute Gasteiger partial charge is 0.299 e. The molecule has 0 atom stereocenters. The highest BCUT2D eigenvalue weighted by molar-refractivity contribution is 8.13. The maximum absolute atomic E-state index is 13.4. The van der Waals surface area contributed by atoms with Crippen molar-refractivity contribution in [2.24, 2.45) is 0 Å². The lowest BCUT2D eigenvalue weighted by molar-refractivity contribution is -0.138. The van der Waals surface area contributed by atoms with Crippen molar-refractivity contribution in [1.29, 1.82) is 0 Å². The topological polar surface area (TPSA) is 37.3 Å². The van der Waals surface area contributed by atoms with Crippen LogP contribution in [0.2, 0.25) is 0 Å². The van der Waals surface area contributed by atoms with Crippen molar-refractivity contribution in [1.82, 2.24) is 0 Å². The van der Waals surface area contributed by atoms with Gasteiger partial charge >= 0.3 is 12.4 Å². The molecule has 2 nitrogen and oxygen atoms in total. The van der Waals surface area contributed by atoms with Gasteiger partial charge in [0.2, 0.25) is 0 Å². The number of rotatable bonds is 3. The van der Waals surface area contributed by atoms with E-state index < -0.39 is 54.9 Å². The van der Waals surface area contributed by atoms with Crippen molar-refractivity contribution in [3.8, 4) is 0 Å². The minimum Gasteiger partial charge on any atom is -0.299 e. The Hall–Kier alpha value is -1.94. The zero-order chi connectivity index (χ0) is 20.0. The minimum atomic E-state index is -5.02. The Balaban J connectivity index is 2.51. The number of benzene rings is 2. The van der Waals surface area contributed by atoms with Crippen molar-refractivity contribution in [3.05, 3.63) is 65.0 Å². The minimum absolute atomic E-state index is 0.445. The highest BCUT2D eigenvalue weighted by Gasteiger charge is 2.37. The molecule has 0 saturated carbocycles. The summed E-state index contributed by atoms with van der Waals surface area (Å²) in [5.41, 5.74) is -3.13. The first-order valence-electron chi connectivity index (χ1n) is 6.99. The Bertz CT molecular complexity index is 877. The van der Waals surface area contributed by atoms with Crippen LogP contribution in [0.15, 0.2) is 47.4 Å². The first-order valence-corrected chi connectivity index (χ1v) is 9.49. The van der Waals surface area contributed by atoms with Gasteiger partial charge in [-0.2, -0.15) is 35.7 Å². The molecule has 0 radical (unpaired) electrons. The molecular formula is C16H13F7O2S. The molecule has 0 bridgehead atoms. The molecule has 0 amide bonds. The molecular weight excluding hydrogens is 389 g/mol. The van der Waals surface area contributed by atoms with E-state index in [1.165, 1.54) is 0 Å². The van der Waals surface area contributed by atoms with E-state index in [0.717, 1.165) is 18.4 Å². The zero-order valence-corrected chi connectivity index (χ0v) is 14.0. The van der Waals surface area contributed by atoms with E-state index in [-0.39, 0.29) is 0 Å². The van der Waals surface area contributed by atoms with Gasteiger partial charge in [-0.15, -0.1) is 0 Å². The Morgan fingerprint density at radius 3 is 1.92 bits per heavy atom. The van der Waals surface area contributed by atoms with Gasteiger partial charge in [0.15, 0.2) is 0 Å². The van der Waals surface area contributed by atoms with Crippen LogP contribution in [0.1, 0.15) is 16.7 Å². The van der Waals surface area contributed by atoms with Gasteiger partial charge in [0.1, 0.15) is 5.82 Å². The summed E-state index contributed by atoms with van der Waals surface area (Å²) < 4.78 is 114. The second-order valence-corrected chi connectivity index (χ2v) is 9.67. The lowest BCUT2D eigenvalue weighted by Gasteiger charge is -2.39. The molecule has 2 rings (SSSR count). The zero-order valence-electron chi connectivity index (χ0n) is 13.2. The van der Waals surface area contributed by atoms with Crippen LogP contribution in [0.25, 0.3) is 0 Å². The molecule has 0 aliphatic carbocycles. The molecule has 144 valence electrons. The molecule has 0 fully saturated rings. The first-order chi connectivity index (χ1) is 11.6. The lowest BCUT2D eigenvalue weighted by atomic mass is 10.1. The van der Waals surface area contributed by atoms with Crippen molar-refractivity contribution < 1.29 is 39.5 Å². The maximum Gasteiger partial charge on any atom is 0.416 e. The molecule has 2 aromatic rings. The van der Waals surface area contributed by atoms with E-state index in [1.807, 2.05) is 0 Å². The summed E-state index contributed by atoms with van der Waals surface area (Å²) in [7, 11) is -5.02. The highest BCUT2D eigenvalue weighted by atomic mass is 32.3. The number of halogens is 7. The van der Waals surface area contributed by atoms with Crippen molar-refractivity contribution in [2.45, 2.75) is 23.0 Å². The summed E-state index contributed by atoms with van der Waals surface area (Å²) >= 11 is 0.